The largest absolute Gasteiger partial charge is 0.486 e. The Balaban J connectivity index is 2.37. The van der Waals surface area contributed by atoms with Crippen LogP contribution in [0.4, 0.5) is 8.78 Å². The monoisotopic (exact) mass is 199 g/mol. The lowest BCUT2D eigenvalue weighted by Crippen LogP contribution is -2.31. The van der Waals surface area contributed by atoms with Gasteiger partial charge in [-0.15, -0.1) is 0 Å². The Morgan fingerprint density at radius 2 is 2.21 bits per heavy atom. The van der Waals surface area contributed by atoms with Crippen LogP contribution in [0, 0.1) is 11.6 Å². The predicted octanol–water partition coefficient (Wildman–Crippen LogP) is 1.62. The highest BCUT2D eigenvalue weighted by atomic mass is 19.1. The van der Waals surface area contributed by atoms with Crippen molar-refractivity contribution in [3.63, 3.8) is 0 Å². The fraction of sp³-hybridized carbons (Fsp3) is 0.400. The summed E-state index contributed by atoms with van der Waals surface area (Å²) in [7, 11) is 0. The summed E-state index contributed by atoms with van der Waals surface area (Å²) in [5.74, 6) is -1.04. The first-order valence-corrected chi connectivity index (χ1v) is 4.55. The first-order valence-electron chi connectivity index (χ1n) is 4.55. The number of fused-ring (bicyclic) bond motifs is 1. The van der Waals surface area contributed by atoms with Crippen LogP contribution in [0.25, 0.3) is 0 Å². The number of ether oxygens (including phenoxy) is 1. The molecule has 0 saturated carbocycles. The van der Waals surface area contributed by atoms with E-state index in [-0.39, 0.29) is 11.9 Å². The summed E-state index contributed by atoms with van der Waals surface area (Å²) in [5, 5.41) is 0. The van der Waals surface area contributed by atoms with Crippen LogP contribution in [-0.2, 0) is 6.42 Å². The Morgan fingerprint density at radius 3 is 2.93 bits per heavy atom. The minimum atomic E-state index is -0.641. The van der Waals surface area contributed by atoms with Crippen LogP contribution in [0.5, 0.6) is 5.75 Å². The Morgan fingerprint density at radius 1 is 1.43 bits per heavy atom. The summed E-state index contributed by atoms with van der Waals surface area (Å²) >= 11 is 0. The molecule has 1 aliphatic heterocycles. The number of hydrogen-bond donors (Lipinski definition) is 1. The van der Waals surface area contributed by atoms with Gasteiger partial charge in [-0.3, -0.25) is 0 Å². The van der Waals surface area contributed by atoms with Crippen LogP contribution in [0.2, 0.25) is 0 Å². The molecule has 1 aliphatic rings. The maximum atomic E-state index is 13.2. The van der Waals surface area contributed by atoms with Crippen molar-refractivity contribution in [1.29, 1.82) is 0 Å². The zero-order valence-corrected chi connectivity index (χ0v) is 7.59. The molecule has 1 aromatic carbocycles. The van der Waals surface area contributed by atoms with Gasteiger partial charge in [0.25, 0.3) is 0 Å². The Kier molecular flexibility index (Phi) is 2.37. The molecule has 0 spiro atoms. The molecule has 0 radical (unpaired) electrons. The predicted molar refractivity (Wildman–Crippen MR) is 48.1 cm³/mol. The third kappa shape index (κ3) is 1.57. The second kappa shape index (κ2) is 3.53. The summed E-state index contributed by atoms with van der Waals surface area (Å²) in [6, 6.07) is 2.14. The van der Waals surface area contributed by atoms with Crippen LogP contribution in [-0.4, -0.2) is 12.6 Å². The van der Waals surface area contributed by atoms with Crippen molar-refractivity contribution >= 4 is 0 Å². The lowest BCUT2D eigenvalue weighted by atomic mass is 10.0. The zero-order valence-electron chi connectivity index (χ0n) is 7.59. The minimum absolute atomic E-state index is 0.150. The van der Waals surface area contributed by atoms with Gasteiger partial charge in [-0.25, -0.2) is 8.78 Å². The molecule has 0 fully saturated rings. The molecule has 1 atom stereocenters. The van der Waals surface area contributed by atoms with E-state index in [4.69, 9.17) is 10.5 Å². The van der Waals surface area contributed by atoms with Gasteiger partial charge in [-0.1, -0.05) is 0 Å². The summed E-state index contributed by atoms with van der Waals surface area (Å²) < 4.78 is 31.4. The van der Waals surface area contributed by atoms with E-state index in [1.807, 2.05) is 0 Å². The van der Waals surface area contributed by atoms with Gasteiger partial charge in [0.2, 0.25) is 0 Å². The Bertz CT molecular complexity index is 354. The van der Waals surface area contributed by atoms with Gasteiger partial charge in [0.15, 0.2) is 11.6 Å². The van der Waals surface area contributed by atoms with E-state index in [1.54, 1.807) is 0 Å². The average Bonchev–Trinajstić information content (AvgIpc) is 2.17. The zero-order chi connectivity index (χ0) is 10.1. The lowest BCUT2D eigenvalue weighted by Gasteiger charge is -2.25. The molecule has 2 N–H and O–H groups in total. The number of rotatable bonds is 1. The SMILES string of the molecule is NCC1CCc2cc(F)cc(F)c2O1. The molecule has 0 aliphatic carbocycles. The third-order valence-electron chi connectivity index (χ3n) is 2.37. The van der Waals surface area contributed by atoms with Gasteiger partial charge in [-0.2, -0.15) is 0 Å². The molecule has 14 heavy (non-hydrogen) atoms. The number of hydrogen-bond acceptors (Lipinski definition) is 2. The number of aryl methyl sites for hydroxylation is 1. The summed E-state index contributed by atoms with van der Waals surface area (Å²) in [4.78, 5) is 0. The molecule has 4 heteroatoms. The van der Waals surface area contributed by atoms with E-state index in [1.165, 1.54) is 6.07 Å². The van der Waals surface area contributed by atoms with Gasteiger partial charge < -0.3 is 10.5 Å². The summed E-state index contributed by atoms with van der Waals surface area (Å²) in [5.41, 5.74) is 6.01. The van der Waals surface area contributed by atoms with Crippen LogP contribution in [0.1, 0.15) is 12.0 Å². The Labute approximate surface area is 80.7 Å². The standard InChI is InChI=1S/C10H11F2NO/c11-7-3-6-1-2-8(5-13)14-10(6)9(12)4-7/h3-4,8H,1-2,5,13H2. The molecule has 0 amide bonds. The van der Waals surface area contributed by atoms with Crippen LogP contribution >= 0.6 is 0 Å². The minimum Gasteiger partial charge on any atom is -0.486 e. The van der Waals surface area contributed by atoms with Crippen LogP contribution in [0.15, 0.2) is 12.1 Å². The smallest absolute Gasteiger partial charge is 0.168 e. The second-order valence-corrected chi connectivity index (χ2v) is 3.39. The van der Waals surface area contributed by atoms with E-state index >= 15 is 0 Å². The van der Waals surface area contributed by atoms with Crippen molar-refractivity contribution in [1.82, 2.24) is 0 Å². The summed E-state index contributed by atoms with van der Waals surface area (Å²) in [6.45, 7) is 0.357. The maximum Gasteiger partial charge on any atom is 0.168 e. The van der Waals surface area contributed by atoms with E-state index in [9.17, 15) is 8.78 Å². The van der Waals surface area contributed by atoms with Crippen LogP contribution in [0.3, 0.4) is 0 Å². The molecular formula is C10H11F2NO. The van der Waals surface area contributed by atoms with E-state index in [0.29, 0.717) is 24.9 Å². The first-order chi connectivity index (χ1) is 6.70. The third-order valence-corrected chi connectivity index (χ3v) is 2.37. The number of halogens is 2. The fourth-order valence-corrected chi connectivity index (χ4v) is 1.64. The maximum absolute atomic E-state index is 13.2. The van der Waals surface area contributed by atoms with Crippen molar-refractivity contribution in [2.24, 2.45) is 5.73 Å². The normalized spacial score (nSPS) is 20.1. The van der Waals surface area contributed by atoms with Crippen molar-refractivity contribution in [3.05, 3.63) is 29.3 Å². The highest BCUT2D eigenvalue weighted by molar-refractivity contribution is 5.37. The first kappa shape index (κ1) is 9.40. The molecule has 1 heterocycles. The lowest BCUT2D eigenvalue weighted by molar-refractivity contribution is 0.172. The fourth-order valence-electron chi connectivity index (χ4n) is 1.64. The van der Waals surface area contributed by atoms with Crippen molar-refractivity contribution < 1.29 is 13.5 Å². The highest BCUT2D eigenvalue weighted by Crippen LogP contribution is 2.30. The molecule has 1 unspecified atom stereocenters. The van der Waals surface area contributed by atoms with Gasteiger partial charge in [0.05, 0.1) is 0 Å². The molecule has 0 saturated heterocycles. The van der Waals surface area contributed by atoms with Gasteiger partial charge in [0.1, 0.15) is 11.9 Å². The van der Waals surface area contributed by atoms with Gasteiger partial charge in [-0.05, 0) is 18.9 Å². The molecule has 2 rings (SSSR count). The molecule has 2 nitrogen and oxygen atoms in total. The van der Waals surface area contributed by atoms with Crippen LogP contribution < -0.4 is 10.5 Å². The number of benzene rings is 1. The quantitative estimate of drug-likeness (QED) is 0.745. The molecule has 0 bridgehead atoms. The highest BCUT2D eigenvalue weighted by Gasteiger charge is 2.22. The molecular weight excluding hydrogens is 188 g/mol. The van der Waals surface area contributed by atoms with Gasteiger partial charge in [0, 0.05) is 18.2 Å². The Hall–Kier alpha value is -1.16. The van der Waals surface area contributed by atoms with E-state index < -0.39 is 11.6 Å². The molecule has 1 aromatic rings. The number of nitrogens with two attached hydrogens (primary N) is 1. The van der Waals surface area contributed by atoms with Crippen molar-refractivity contribution in [2.45, 2.75) is 18.9 Å². The van der Waals surface area contributed by atoms with Gasteiger partial charge >= 0.3 is 0 Å². The molecule has 0 aromatic heterocycles. The van der Waals surface area contributed by atoms with E-state index in [2.05, 4.69) is 0 Å². The second-order valence-electron chi connectivity index (χ2n) is 3.39. The average molecular weight is 199 g/mol. The van der Waals surface area contributed by atoms with Crippen molar-refractivity contribution in [3.8, 4) is 5.75 Å². The van der Waals surface area contributed by atoms with Crippen molar-refractivity contribution in [2.75, 3.05) is 6.54 Å². The topological polar surface area (TPSA) is 35.2 Å². The van der Waals surface area contributed by atoms with E-state index in [0.717, 1.165) is 6.07 Å². The molecule has 76 valence electrons. The summed E-state index contributed by atoms with van der Waals surface area (Å²) in [6.07, 6.45) is 1.18.